The number of rotatable bonds is 2. The quantitative estimate of drug-likeness (QED) is 0.838. The van der Waals surface area contributed by atoms with Crippen molar-refractivity contribution in [3.63, 3.8) is 0 Å². The molecule has 1 aromatic carbocycles. The van der Waals surface area contributed by atoms with Crippen LogP contribution < -0.4 is 0 Å². The lowest BCUT2D eigenvalue weighted by atomic mass is 9.92. The van der Waals surface area contributed by atoms with Gasteiger partial charge in [-0.3, -0.25) is 0 Å². The van der Waals surface area contributed by atoms with Gasteiger partial charge in [0.2, 0.25) is 10.0 Å². The Hall–Kier alpha value is -0.910. The van der Waals surface area contributed by atoms with Crippen molar-refractivity contribution in [1.29, 1.82) is 0 Å². The first-order valence-electron chi connectivity index (χ1n) is 7.31. The zero-order chi connectivity index (χ0) is 14.2. The minimum atomic E-state index is -3.38. The Morgan fingerprint density at radius 1 is 1.20 bits per heavy atom. The Kier molecular flexibility index (Phi) is 3.84. The van der Waals surface area contributed by atoms with E-state index in [4.69, 9.17) is 4.74 Å². The second kappa shape index (κ2) is 5.47. The topological polar surface area (TPSA) is 46.6 Å². The molecule has 1 aliphatic heterocycles. The number of sulfonamides is 1. The van der Waals surface area contributed by atoms with Crippen LogP contribution in [0.3, 0.4) is 0 Å². The Balaban J connectivity index is 1.90. The average molecular weight is 295 g/mol. The van der Waals surface area contributed by atoms with Gasteiger partial charge in [0.05, 0.1) is 17.6 Å². The van der Waals surface area contributed by atoms with Crippen LogP contribution in [0, 0.1) is 0 Å². The highest BCUT2D eigenvalue weighted by Crippen LogP contribution is 2.26. The minimum Gasteiger partial charge on any atom is -0.376 e. The molecule has 0 unspecified atom stereocenters. The molecular weight excluding hydrogens is 274 g/mol. The lowest BCUT2D eigenvalue weighted by Crippen LogP contribution is -2.44. The summed E-state index contributed by atoms with van der Waals surface area (Å²) < 4.78 is 32.3. The molecule has 5 heteroatoms. The van der Waals surface area contributed by atoms with Crippen molar-refractivity contribution in [3.8, 4) is 0 Å². The summed E-state index contributed by atoms with van der Waals surface area (Å²) in [6.45, 7) is 3.28. The monoisotopic (exact) mass is 295 g/mol. The van der Waals surface area contributed by atoms with Gasteiger partial charge in [0.25, 0.3) is 0 Å². The minimum absolute atomic E-state index is 0.0313. The van der Waals surface area contributed by atoms with Gasteiger partial charge in [0.15, 0.2) is 0 Å². The number of nitrogens with zero attached hydrogens (tertiary/aromatic N) is 1. The predicted molar refractivity (Wildman–Crippen MR) is 77.3 cm³/mol. The second-order valence-electron chi connectivity index (χ2n) is 5.68. The van der Waals surface area contributed by atoms with Crippen molar-refractivity contribution in [2.24, 2.45) is 0 Å². The van der Waals surface area contributed by atoms with Gasteiger partial charge in [0.1, 0.15) is 0 Å². The maximum atomic E-state index is 12.7. The SMILES string of the molecule is C[C@@H]1CN(S(=O)(=O)c2ccc3c(c2)CCCC3)CCO1. The number of benzene rings is 1. The van der Waals surface area contributed by atoms with Gasteiger partial charge >= 0.3 is 0 Å². The van der Waals surface area contributed by atoms with E-state index in [1.165, 1.54) is 17.5 Å². The number of fused-ring (bicyclic) bond motifs is 1. The van der Waals surface area contributed by atoms with Crippen LogP contribution >= 0.6 is 0 Å². The van der Waals surface area contributed by atoms with Gasteiger partial charge in [-0.05, 0) is 55.9 Å². The highest BCUT2D eigenvalue weighted by atomic mass is 32.2. The average Bonchev–Trinajstić information content (AvgIpc) is 2.46. The fourth-order valence-corrected chi connectivity index (χ4v) is 4.57. The predicted octanol–water partition coefficient (Wildman–Crippen LogP) is 1.97. The van der Waals surface area contributed by atoms with E-state index in [1.54, 1.807) is 10.4 Å². The maximum Gasteiger partial charge on any atom is 0.243 e. The summed E-state index contributed by atoms with van der Waals surface area (Å²) in [5.41, 5.74) is 2.52. The van der Waals surface area contributed by atoms with Gasteiger partial charge in [0, 0.05) is 13.1 Å². The molecule has 20 heavy (non-hydrogen) atoms. The third-order valence-electron chi connectivity index (χ3n) is 4.16. The molecule has 110 valence electrons. The van der Waals surface area contributed by atoms with Gasteiger partial charge < -0.3 is 4.74 Å². The Morgan fingerprint density at radius 3 is 2.70 bits per heavy atom. The van der Waals surface area contributed by atoms with Crippen molar-refractivity contribution >= 4 is 10.0 Å². The van der Waals surface area contributed by atoms with Crippen molar-refractivity contribution in [2.45, 2.75) is 43.6 Å². The molecule has 1 heterocycles. The van der Waals surface area contributed by atoms with E-state index in [1.807, 2.05) is 19.1 Å². The second-order valence-corrected chi connectivity index (χ2v) is 7.62. The summed E-state index contributed by atoms with van der Waals surface area (Å²) in [5.74, 6) is 0. The molecule has 0 bridgehead atoms. The summed E-state index contributed by atoms with van der Waals surface area (Å²) in [6, 6.07) is 5.63. The lowest BCUT2D eigenvalue weighted by Gasteiger charge is -2.30. The molecular formula is C15H21NO3S. The zero-order valence-corrected chi connectivity index (χ0v) is 12.7. The molecule has 0 amide bonds. The summed E-state index contributed by atoms with van der Waals surface area (Å²) in [5, 5.41) is 0. The molecule has 0 radical (unpaired) electrons. The molecule has 3 rings (SSSR count). The van der Waals surface area contributed by atoms with E-state index >= 15 is 0 Å². The van der Waals surface area contributed by atoms with Crippen LogP contribution in [0.2, 0.25) is 0 Å². The van der Waals surface area contributed by atoms with E-state index in [0.717, 1.165) is 19.3 Å². The van der Waals surface area contributed by atoms with Crippen molar-refractivity contribution in [1.82, 2.24) is 4.31 Å². The highest BCUT2D eigenvalue weighted by Gasteiger charge is 2.29. The molecule has 1 atom stereocenters. The van der Waals surface area contributed by atoms with Crippen molar-refractivity contribution in [2.75, 3.05) is 19.7 Å². The number of hydrogen-bond acceptors (Lipinski definition) is 3. The van der Waals surface area contributed by atoms with Crippen LogP contribution in [0.25, 0.3) is 0 Å². The van der Waals surface area contributed by atoms with Crippen LogP contribution in [-0.4, -0.2) is 38.5 Å². The van der Waals surface area contributed by atoms with E-state index in [0.29, 0.717) is 24.6 Å². The first-order valence-corrected chi connectivity index (χ1v) is 8.75. The van der Waals surface area contributed by atoms with Crippen LogP contribution in [0.4, 0.5) is 0 Å². The molecule has 0 aromatic heterocycles. The van der Waals surface area contributed by atoms with E-state index in [2.05, 4.69) is 0 Å². The Bertz CT molecular complexity index is 597. The van der Waals surface area contributed by atoms with E-state index in [-0.39, 0.29) is 6.10 Å². The summed E-state index contributed by atoms with van der Waals surface area (Å²) >= 11 is 0. The van der Waals surface area contributed by atoms with Crippen LogP contribution in [0.1, 0.15) is 30.9 Å². The van der Waals surface area contributed by atoms with E-state index in [9.17, 15) is 8.42 Å². The van der Waals surface area contributed by atoms with Crippen molar-refractivity contribution in [3.05, 3.63) is 29.3 Å². The zero-order valence-electron chi connectivity index (χ0n) is 11.8. The smallest absolute Gasteiger partial charge is 0.243 e. The summed E-state index contributed by atoms with van der Waals surface area (Å²) in [7, 11) is -3.38. The normalized spacial score (nSPS) is 24.4. The molecule has 0 spiro atoms. The number of ether oxygens (including phenoxy) is 1. The molecule has 1 saturated heterocycles. The molecule has 0 saturated carbocycles. The molecule has 0 N–H and O–H groups in total. The number of aryl methyl sites for hydroxylation is 2. The molecule has 1 aliphatic carbocycles. The Labute approximate surface area is 120 Å². The highest BCUT2D eigenvalue weighted by molar-refractivity contribution is 7.89. The third-order valence-corrected chi connectivity index (χ3v) is 6.02. The molecule has 1 fully saturated rings. The summed E-state index contributed by atoms with van der Waals surface area (Å²) in [6.07, 6.45) is 4.41. The lowest BCUT2D eigenvalue weighted by molar-refractivity contribution is 0.0102. The fraction of sp³-hybridized carbons (Fsp3) is 0.600. The number of morpholine rings is 1. The maximum absolute atomic E-state index is 12.7. The first kappa shape index (κ1) is 14.0. The fourth-order valence-electron chi connectivity index (χ4n) is 3.02. The molecule has 4 nitrogen and oxygen atoms in total. The van der Waals surface area contributed by atoms with Gasteiger partial charge in [-0.2, -0.15) is 4.31 Å². The molecule has 1 aromatic rings. The van der Waals surface area contributed by atoms with Crippen LogP contribution in [0.5, 0.6) is 0 Å². The molecule has 2 aliphatic rings. The largest absolute Gasteiger partial charge is 0.376 e. The Morgan fingerprint density at radius 2 is 1.95 bits per heavy atom. The van der Waals surface area contributed by atoms with Crippen molar-refractivity contribution < 1.29 is 13.2 Å². The third kappa shape index (κ3) is 2.62. The van der Waals surface area contributed by atoms with Crippen LogP contribution in [0.15, 0.2) is 23.1 Å². The van der Waals surface area contributed by atoms with Gasteiger partial charge in [-0.25, -0.2) is 8.42 Å². The standard InChI is InChI=1S/C15H21NO3S/c1-12-11-16(8-9-19-12)20(17,18)15-7-6-13-4-2-3-5-14(13)10-15/h6-7,10,12H,2-5,8-9,11H2,1H3/t12-/m1/s1. The van der Waals surface area contributed by atoms with Crippen LogP contribution in [-0.2, 0) is 27.6 Å². The first-order chi connectivity index (χ1) is 9.57. The number of hydrogen-bond donors (Lipinski definition) is 0. The van der Waals surface area contributed by atoms with Gasteiger partial charge in [-0.1, -0.05) is 6.07 Å². The van der Waals surface area contributed by atoms with Gasteiger partial charge in [-0.15, -0.1) is 0 Å². The summed E-state index contributed by atoms with van der Waals surface area (Å²) in [4.78, 5) is 0.437. The van der Waals surface area contributed by atoms with E-state index < -0.39 is 10.0 Å².